The summed E-state index contributed by atoms with van der Waals surface area (Å²) in [5.74, 6) is -1.39. The van der Waals surface area contributed by atoms with E-state index in [4.69, 9.17) is 11.6 Å². The van der Waals surface area contributed by atoms with E-state index in [1.165, 1.54) is 22.8 Å². The second kappa shape index (κ2) is 12.6. The predicted molar refractivity (Wildman–Crippen MR) is 159 cm³/mol. The standard InChI is InChI=1S/C29H34ClFN2O5S2/c1-7-26(32-39(36)29(3,4)5)23-15-27(34)33(6)16-24(23)22-13-18(17-40(37,38)8-2)9-11-20(22)28(35)21-12-10-19(31)14-25(21)30/h9-16,26,32H,7-8,17H2,1-6H3/t26-,39?/m0/s1. The van der Waals surface area contributed by atoms with Gasteiger partial charge < -0.3 is 9.12 Å². The molecule has 7 nitrogen and oxygen atoms in total. The Balaban J connectivity index is 2.32. The van der Waals surface area contributed by atoms with Crippen molar-refractivity contribution in [1.82, 2.24) is 9.29 Å². The quantitative estimate of drug-likeness (QED) is 0.240. The second-order valence-corrected chi connectivity index (χ2v) is 15.3. The van der Waals surface area contributed by atoms with Crippen LogP contribution in [0.1, 0.15) is 74.1 Å². The number of nitrogens with one attached hydrogen (secondary N) is 1. The van der Waals surface area contributed by atoms with Crippen molar-refractivity contribution in [3.8, 4) is 11.1 Å². The van der Waals surface area contributed by atoms with E-state index >= 15 is 0 Å². The smallest absolute Gasteiger partial charge is 0.250 e. The first-order valence-electron chi connectivity index (χ1n) is 12.8. The van der Waals surface area contributed by atoms with E-state index in [1.807, 2.05) is 27.7 Å². The lowest BCUT2D eigenvalue weighted by molar-refractivity contribution is 0.103. The number of sulfone groups is 1. The van der Waals surface area contributed by atoms with Crippen molar-refractivity contribution in [3.05, 3.63) is 92.1 Å². The molecule has 0 bridgehead atoms. The Morgan fingerprint density at radius 1 is 1.10 bits per heavy atom. The predicted octanol–water partition coefficient (Wildman–Crippen LogP) is 5.51. The van der Waals surface area contributed by atoms with Crippen LogP contribution in [0.2, 0.25) is 5.02 Å². The molecule has 0 aliphatic carbocycles. The van der Waals surface area contributed by atoms with Crippen LogP contribution in [0, 0.1) is 5.82 Å². The van der Waals surface area contributed by atoms with Gasteiger partial charge in [-0.05, 0) is 68.1 Å². The first-order chi connectivity index (χ1) is 18.6. The number of benzene rings is 2. The molecule has 0 saturated carbocycles. The summed E-state index contributed by atoms with van der Waals surface area (Å²) < 4.78 is 55.6. The number of carbonyl (C=O) groups excluding carboxylic acids is 1. The fourth-order valence-electron chi connectivity index (χ4n) is 4.11. The number of ketones is 1. The molecule has 0 saturated heterocycles. The Bertz CT molecular complexity index is 1580. The first kappa shape index (κ1) is 32.0. The lowest BCUT2D eigenvalue weighted by atomic mass is 9.89. The van der Waals surface area contributed by atoms with Gasteiger partial charge in [0.05, 0.1) is 16.8 Å². The molecule has 3 rings (SSSR count). The molecule has 1 N–H and O–H groups in total. The SMILES string of the molecule is CC[C@H](N[S+]([O-])C(C)(C)C)c1cc(=O)n(C)cc1-c1cc(CS(=O)(=O)CC)ccc1C(=O)c1ccc(F)cc1Cl. The van der Waals surface area contributed by atoms with Crippen LogP contribution in [0.25, 0.3) is 11.1 Å². The van der Waals surface area contributed by atoms with Gasteiger partial charge in [-0.2, -0.15) is 0 Å². The van der Waals surface area contributed by atoms with Crippen LogP contribution >= 0.6 is 11.6 Å². The number of pyridine rings is 1. The Morgan fingerprint density at radius 2 is 1.75 bits per heavy atom. The van der Waals surface area contributed by atoms with E-state index in [2.05, 4.69) is 4.72 Å². The van der Waals surface area contributed by atoms with E-state index in [1.54, 1.807) is 32.3 Å². The van der Waals surface area contributed by atoms with Crippen LogP contribution in [0.4, 0.5) is 4.39 Å². The zero-order chi connectivity index (χ0) is 30.0. The number of nitrogens with zero attached hydrogens (tertiary/aromatic N) is 1. The molecule has 2 aromatic carbocycles. The van der Waals surface area contributed by atoms with Gasteiger partial charge in [0.25, 0.3) is 5.56 Å². The molecule has 0 aliphatic rings. The van der Waals surface area contributed by atoms with Crippen molar-refractivity contribution < 1.29 is 22.2 Å². The van der Waals surface area contributed by atoms with E-state index in [-0.39, 0.29) is 33.2 Å². The summed E-state index contributed by atoms with van der Waals surface area (Å²) in [7, 11) is -1.83. The summed E-state index contributed by atoms with van der Waals surface area (Å²) in [4.78, 5) is 26.6. The Hall–Kier alpha value is -2.50. The minimum absolute atomic E-state index is 0.0558. The normalized spacial score (nSPS) is 13.7. The summed E-state index contributed by atoms with van der Waals surface area (Å²) >= 11 is 4.76. The van der Waals surface area contributed by atoms with Gasteiger partial charge in [0.1, 0.15) is 10.6 Å². The molecule has 3 aromatic rings. The lowest BCUT2D eigenvalue weighted by Gasteiger charge is -2.29. The molecule has 0 fully saturated rings. The van der Waals surface area contributed by atoms with E-state index in [0.29, 0.717) is 28.7 Å². The maximum absolute atomic E-state index is 13.8. The van der Waals surface area contributed by atoms with Gasteiger partial charge in [0, 0.05) is 53.1 Å². The highest BCUT2D eigenvalue weighted by atomic mass is 35.5. The summed E-state index contributed by atoms with van der Waals surface area (Å²) in [5, 5.41) is -0.0667. The van der Waals surface area contributed by atoms with Gasteiger partial charge in [-0.25, -0.2) is 12.8 Å². The number of hydrogen-bond donors (Lipinski definition) is 1. The fraction of sp³-hybridized carbons (Fsp3) is 0.379. The van der Waals surface area contributed by atoms with Gasteiger partial charge in [-0.1, -0.05) is 37.6 Å². The number of hydrogen-bond acceptors (Lipinski definition) is 6. The van der Waals surface area contributed by atoms with Gasteiger partial charge in [0.15, 0.2) is 15.6 Å². The van der Waals surface area contributed by atoms with Crippen molar-refractivity contribution >= 4 is 38.6 Å². The highest BCUT2D eigenvalue weighted by Crippen LogP contribution is 2.35. The van der Waals surface area contributed by atoms with Crippen molar-refractivity contribution in [1.29, 1.82) is 0 Å². The van der Waals surface area contributed by atoms with Crippen LogP contribution < -0.4 is 10.3 Å². The number of aromatic nitrogens is 1. The third-order valence-electron chi connectivity index (χ3n) is 6.47. The zero-order valence-electron chi connectivity index (χ0n) is 23.4. The summed E-state index contributed by atoms with van der Waals surface area (Å²) in [6, 6.07) is 9.10. The third kappa shape index (κ3) is 7.41. The van der Waals surface area contributed by atoms with E-state index < -0.39 is 43.6 Å². The van der Waals surface area contributed by atoms with Crippen molar-refractivity contribution in [2.24, 2.45) is 7.05 Å². The minimum atomic E-state index is -3.40. The molecule has 1 heterocycles. The van der Waals surface area contributed by atoms with Gasteiger partial charge in [-0.15, -0.1) is 4.72 Å². The molecule has 11 heteroatoms. The maximum atomic E-state index is 13.8. The molecule has 0 radical (unpaired) electrons. The minimum Gasteiger partial charge on any atom is -0.598 e. The first-order valence-corrected chi connectivity index (χ1v) is 16.1. The Morgan fingerprint density at radius 3 is 2.33 bits per heavy atom. The third-order valence-corrected chi connectivity index (χ3v) is 10.0. The fourth-order valence-corrected chi connectivity index (χ4v) is 6.16. The Kier molecular flexibility index (Phi) is 10.1. The summed E-state index contributed by atoms with van der Waals surface area (Å²) in [6.07, 6.45) is 2.05. The monoisotopic (exact) mass is 608 g/mol. The summed E-state index contributed by atoms with van der Waals surface area (Å²) in [5.41, 5.74) is 1.79. The molecule has 216 valence electrons. The number of carbonyl (C=O) groups is 1. The van der Waals surface area contributed by atoms with Crippen LogP contribution in [-0.2, 0) is 34.0 Å². The molecular weight excluding hydrogens is 575 g/mol. The van der Waals surface area contributed by atoms with Crippen LogP contribution in [-0.4, -0.2) is 33.8 Å². The molecule has 1 unspecified atom stereocenters. The number of aryl methyl sites for hydroxylation is 1. The largest absolute Gasteiger partial charge is 0.598 e. The molecule has 0 spiro atoms. The van der Waals surface area contributed by atoms with Crippen LogP contribution in [0.5, 0.6) is 0 Å². The van der Waals surface area contributed by atoms with E-state index in [9.17, 15) is 27.0 Å². The summed E-state index contributed by atoms with van der Waals surface area (Å²) in [6.45, 7) is 8.92. The average molecular weight is 609 g/mol. The van der Waals surface area contributed by atoms with Crippen LogP contribution in [0.15, 0.2) is 53.5 Å². The molecule has 1 aromatic heterocycles. The maximum Gasteiger partial charge on any atom is 0.250 e. The Labute approximate surface area is 243 Å². The van der Waals surface area contributed by atoms with Gasteiger partial charge >= 0.3 is 0 Å². The van der Waals surface area contributed by atoms with Gasteiger partial charge in [0.2, 0.25) is 0 Å². The molecule has 2 atom stereocenters. The molecule has 0 aliphatic heterocycles. The number of halogens is 2. The molecular formula is C29H34ClFN2O5S2. The highest BCUT2D eigenvalue weighted by Gasteiger charge is 2.31. The molecule has 40 heavy (non-hydrogen) atoms. The highest BCUT2D eigenvalue weighted by molar-refractivity contribution is 7.91. The lowest BCUT2D eigenvalue weighted by Crippen LogP contribution is -2.41. The average Bonchev–Trinajstić information content (AvgIpc) is 2.87. The van der Waals surface area contributed by atoms with Crippen LogP contribution in [0.3, 0.4) is 0 Å². The zero-order valence-corrected chi connectivity index (χ0v) is 25.8. The number of rotatable bonds is 10. The van der Waals surface area contributed by atoms with Crippen molar-refractivity contribution in [2.75, 3.05) is 5.75 Å². The topological polar surface area (TPSA) is 108 Å². The molecule has 0 amide bonds. The van der Waals surface area contributed by atoms with Crippen molar-refractivity contribution in [3.63, 3.8) is 0 Å². The van der Waals surface area contributed by atoms with E-state index in [0.717, 1.165) is 12.1 Å². The van der Waals surface area contributed by atoms with Crippen molar-refractivity contribution in [2.45, 2.75) is 57.6 Å². The van der Waals surface area contributed by atoms with Gasteiger partial charge in [-0.3, -0.25) is 9.59 Å². The second-order valence-electron chi connectivity index (χ2n) is 10.6.